The van der Waals surface area contributed by atoms with E-state index in [9.17, 15) is 0 Å². The fraction of sp³-hybridized carbons (Fsp3) is 0.538. The SMILES string of the molecule is Cc1ccc(C(=N)N)c(N2CCOCC2(C)C)n1. The number of rotatable bonds is 2. The molecule has 1 aromatic heterocycles. The third-order valence-electron chi connectivity index (χ3n) is 3.21. The zero-order valence-electron chi connectivity index (χ0n) is 11.2. The fourth-order valence-corrected chi connectivity index (χ4v) is 2.21. The smallest absolute Gasteiger partial charge is 0.140 e. The summed E-state index contributed by atoms with van der Waals surface area (Å²) < 4.78 is 5.51. The van der Waals surface area contributed by atoms with E-state index >= 15 is 0 Å². The first-order valence-electron chi connectivity index (χ1n) is 6.09. The van der Waals surface area contributed by atoms with Gasteiger partial charge in [0.25, 0.3) is 0 Å². The number of nitrogens with two attached hydrogens (primary N) is 1. The summed E-state index contributed by atoms with van der Waals surface area (Å²) in [6.45, 7) is 8.27. The second kappa shape index (κ2) is 4.57. The molecule has 5 nitrogen and oxygen atoms in total. The van der Waals surface area contributed by atoms with Crippen molar-refractivity contribution in [3.63, 3.8) is 0 Å². The lowest BCUT2D eigenvalue weighted by Gasteiger charge is -2.43. The molecule has 1 aliphatic rings. The molecule has 2 rings (SSSR count). The van der Waals surface area contributed by atoms with Crippen molar-refractivity contribution in [1.29, 1.82) is 5.41 Å². The molecule has 0 unspecified atom stereocenters. The van der Waals surface area contributed by atoms with Crippen LogP contribution in [0.25, 0.3) is 0 Å². The first kappa shape index (κ1) is 12.8. The van der Waals surface area contributed by atoms with Crippen molar-refractivity contribution in [3.8, 4) is 0 Å². The van der Waals surface area contributed by atoms with Gasteiger partial charge in [-0.25, -0.2) is 4.98 Å². The highest BCUT2D eigenvalue weighted by Gasteiger charge is 2.33. The summed E-state index contributed by atoms with van der Waals surface area (Å²) in [6, 6.07) is 3.75. The maximum atomic E-state index is 7.67. The van der Waals surface area contributed by atoms with Gasteiger partial charge in [0.05, 0.1) is 24.3 Å². The Balaban J connectivity index is 2.48. The largest absolute Gasteiger partial charge is 0.384 e. The van der Waals surface area contributed by atoms with E-state index in [0.29, 0.717) is 18.8 Å². The van der Waals surface area contributed by atoms with Crippen molar-refractivity contribution in [2.24, 2.45) is 5.73 Å². The Morgan fingerprint density at radius 3 is 2.83 bits per heavy atom. The van der Waals surface area contributed by atoms with Gasteiger partial charge in [-0.05, 0) is 32.9 Å². The maximum Gasteiger partial charge on any atom is 0.140 e. The van der Waals surface area contributed by atoms with Crippen molar-refractivity contribution in [2.45, 2.75) is 26.3 Å². The summed E-state index contributed by atoms with van der Waals surface area (Å²) in [5.74, 6) is 0.843. The Bertz CT molecular complexity index is 470. The van der Waals surface area contributed by atoms with Crippen molar-refractivity contribution in [1.82, 2.24) is 4.98 Å². The van der Waals surface area contributed by atoms with Crippen LogP contribution in [0.1, 0.15) is 25.1 Å². The zero-order valence-corrected chi connectivity index (χ0v) is 11.2. The summed E-state index contributed by atoms with van der Waals surface area (Å²) in [5, 5.41) is 7.67. The fourth-order valence-electron chi connectivity index (χ4n) is 2.21. The minimum atomic E-state index is -0.136. The van der Waals surface area contributed by atoms with Gasteiger partial charge in [-0.15, -0.1) is 0 Å². The highest BCUT2D eigenvalue weighted by atomic mass is 16.5. The second-order valence-corrected chi connectivity index (χ2v) is 5.25. The van der Waals surface area contributed by atoms with Crippen LogP contribution in [0.3, 0.4) is 0 Å². The second-order valence-electron chi connectivity index (χ2n) is 5.25. The van der Waals surface area contributed by atoms with Crippen molar-refractivity contribution < 1.29 is 4.74 Å². The number of nitrogens with zero attached hydrogens (tertiary/aromatic N) is 2. The number of anilines is 1. The third kappa shape index (κ3) is 2.31. The highest BCUT2D eigenvalue weighted by molar-refractivity contribution is 5.99. The number of hydrogen-bond donors (Lipinski definition) is 2. The number of hydrogen-bond acceptors (Lipinski definition) is 4. The van der Waals surface area contributed by atoms with Crippen LogP contribution in [-0.2, 0) is 4.74 Å². The van der Waals surface area contributed by atoms with Crippen LogP contribution in [0, 0.1) is 12.3 Å². The van der Waals surface area contributed by atoms with E-state index in [1.54, 1.807) is 0 Å². The summed E-state index contributed by atoms with van der Waals surface area (Å²) in [7, 11) is 0. The molecule has 98 valence electrons. The van der Waals surface area contributed by atoms with Crippen LogP contribution in [0.4, 0.5) is 5.82 Å². The molecule has 1 fully saturated rings. The Morgan fingerprint density at radius 2 is 2.22 bits per heavy atom. The topological polar surface area (TPSA) is 75.2 Å². The molecule has 18 heavy (non-hydrogen) atoms. The molecule has 3 N–H and O–H groups in total. The number of pyridine rings is 1. The zero-order chi connectivity index (χ0) is 13.3. The Labute approximate surface area is 107 Å². The average Bonchev–Trinajstić information content (AvgIpc) is 2.27. The molecule has 1 saturated heterocycles. The van der Waals surface area contributed by atoms with Crippen molar-refractivity contribution >= 4 is 11.7 Å². The van der Waals surface area contributed by atoms with Crippen molar-refractivity contribution in [3.05, 3.63) is 23.4 Å². The normalized spacial score (nSPS) is 18.7. The van der Waals surface area contributed by atoms with E-state index in [0.717, 1.165) is 18.1 Å². The summed E-state index contributed by atoms with van der Waals surface area (Å²) >= 11 is 0. The number of amidine groups is 1. The highest BCUT2D eigenvalue weighted by Crippen LogP contribution is 2.28. The maximum absolute atomic E-state index is 7.67. The van der Waals surface area contributed by atoms with E-state index in [4.69, 9.17) is 15.9 Å². The van der Waals surface area contributed by atoms with Gasteiger partial charge < -0.3 is 15.4 Å². The van der Waals surface area contributed by atoms with Gasteiger partial charge in [0.2, 0.25) is 0 Å². The molecule has 0 spiro atoms. The van der Waals surface area contributed by atoms with Gasteiger partial charge in [0.1, 0.15) is 11.7 Å². The molecule has 2 heterocycles. The molecule has 1 aromatic rings. The van der Waals surface area contributed by atoms with Gasteiger partial charge in [0.15, 0.2) is 0 Å². The number of ether oxygens (including phenoxy) is 1. The van der Waals surface area contributed by atoms with Crippen LogP contribution in [-0.4, -0.2) is 36.1 Å². The van der Waals surface area contributed by atoms with E-state index < -0.39 is 0 Å². The molecule has 0 amide bonds. The van der Waals surface area contributed by atoms with Crippen LogP contribution in [0.2, 0.25) is 0 Å². The monoisotopic (exact) mass is 248 g/mol. The van der Waals surface area contributed by atoms with E-state index in [1.807, 2.05) is 19.1 Å². The third-order valence-corrected chi connectivity index (χ3v) is 3.21. The first-order chi connectivity index (χ1) is 8.42. The van der Waals surface area contributed by atoms with Crippen molar-refractivity contribution in [2.75, 3.05) is 24.7 Å². The number of nitrogen functional groups attached to an aromatic ring is 1. The molecule has 0 radical (unpaired) electrons. The Morgan fingerprint density at radius 1 is 1.50 bits per heavy atom. The van der Waals surface area contributed by atoms with E-state index in [-0.39, 0.29) is 11.4 Å². The number of aryl methyl sites for hydroxylation is 1. The number of nitrogens with one attached hydrogen (secondary N) is 1. The van der Waals surface area contributed by atoms with Gasteiger partial charge >= 0.3 is 0 Å². The lowest BCUT2D eigenvalue weighted by atomic mass is 10.0. The molecular formula is C13H20N4O. The van der Waals surface area contributed by atoms with Crippen LogP contribution in [0.5, 0.6) is 0 Å². The minimum Gasteiger partial charge on any atom is -0.384 e. The minimum absolute atomic E-state index is 0.0554. The lowest BCUT2D eigenvalue weighted by molar-refractivity contribution is 0.0639. The number of morpholine rings is 1. The molecule has 0 saturated carbocycles. The molecule has 5 heteroatoms. The van der Waals surface area contributed by atoms with Crippen LogP contribution < -0.4 is 10.6 Å². The van der Waals surface area contributed by atoms with Crippen LogP contribution in [0.15, 0.2) is 12.1 Å². The van der Waals surface area contributed by atoms with E-state index in [1.165, 1.54) is 0 Å². The summed E-state index contributed by atoms with van der Waals surface area (Å²) in [5.41, 5.74) is 7.13. The van der Waals surface area contributed by atoms with E-state index in [2.05, 4.69) is 23.7 Å². The molecular weight excluding hydrogens is 228 g/mol. The molecule has 0 bridgehead atoms. The molecule has 0 atom stereocenters. The molecule has 1 aliphatic heterocycles. The van der Waals surface area contributed by atoms with Gasteiger partial charge in [-0.2, -0.15) is 0 Å². The first-order valence-corrected chi connectivity index (χ1v) is 6.09. The molecule has 0 aromatic carbocycles. The average molecular weight is 248 g/mol. The van der Waals surface area contributed by atoms with Gasteiger partial charge in [-0.3, -0.25) is 5.41 Å². The predicted molar refractivity (Wildman–Crippen MR) is 72.2 cm³/mol. The van der Waals surface area contributed by atoms with Gasteiger partial charge in [0, 0.05) is 12.2 Å². The lowest BCUT2D eigenvalue weighted by Crippen LogP contribution is -2.54. The van der Waals surface area contributed by atoms with Gasteiger partial charge in [-0.1, -0.05) is 0 Å². The summed E-state index contributed by atoms with van der Waals surface area (Å²) in [6.07, 6.45) is 0. The molecule has 0 aliphatic carbocycles. The quantitative estimate of drug-likeness (QED) is 0.611. The van der Waals surface area contributed by atoms with Crippen LogP contribution >= 0.6 is 0 Å². The standard InChI is InChI=1S/C13H20N4O/c1-9-4-5-10(11(14)15)12(16-9)17-6-7-18-8-13(17,2)3/h4-5H,6-8H2,1-3H3,(H3,14,15). The predicted octanol–water partition coefficient (Wildman–Crippen LogP) is 1.29. The summed E-state index contributed by atoms with van der Waals surface area (Å²) in [4.78, 5) is 6.74. The Kier molecular flexibility index (Phi) is 3.26. The number of aromatic nitrogens is 1. The Hall–Kier alpha value is -1.62.